The van der Waals surface area contributed by atoms with Gasteiger partial charge in [-0.2, -0.15) is 0 Å². The van der Waals surface area contributed by atoms with E-state index in [0.29, 0.717) is 11.5 Å². The van der Waals surface area contributed by atoms with E-state index in [1.54, 1.807) is 0 Å². The quantitative estimate of drug-likeness (QED) is 0.797. The van der Waals surface area contributed by atoms with Gasteiger partial charge in [-0.05, 0) is 43.4 Å². The van der Waals surface area contributed by atoms with Crippen LogP contribution < -0.4 is 5.32 Å². The van der Waals surface area contributed by atoms with Gasteiger partial charge in [-0.25, -0.2) is 0 Å². The van der Waals surface area contributed by atoms with Gasteiger partial charge in [-0.3, -0.25) is 0 Å². The van der Waals surface area contributed by atoms with E-state index in [9.17, 15) is 0 Å². The topological polar surface area (TPSA) is 21.3 Å². The molecule has 0 aromatic carbocycles. The molecule has 0 bridgehead atoms. The molecule has 3 rings (SSSR count). The summed E-state index contributed by atoms with van der Waals surface area (Å²) in [6, 6.07) is 0.628. The molecule has 0 radical (unpaired) electrons. The first kappa shape index (κ1) is 12.0. The van der Waals surface area contributed by atoms with E-state index in [1.165, 1.54) is 44.9 Å². The van der Waals surface area contributed by atoms with E-state index in [2.05, 4.69) is 19.2 Å². The molecule has 1 heterocycles. The standard InChI is InChI=1S/C15H27NO/c1-14(2)6-3-7-15(11-14)13(10-12-4-5-12)16-8-9-17-15/h12-13,16H,3-11H2,1-2H3. The van der Waals surface area contributed by atoms with Crippen LogP contribution in [-0.4, -0.2) is 24.8 Å². The molecule has 2 nitrogen and oxygen atoms in total. The summed E-state index contributed by atoms with van der Waals surface area (Å²) in [5.41, 5.74) is 0.641. The Hall–Kier alpha value is -0.0800. The van der Waals surface area contributed by atoms with Gasteiger partial charge in [-0.15, -0.1) is 0 Å². The minimum atomic E-state index is 0.169. The summed E-state index contributed by atoms with van der Waals surface area (Å²) < 4.78 is 6.32. The van der Waals surface area contributed by atoms with Crippen molar-refractivity contribution in [1.82, 2.24) is 5.32 Å². The maximum Gasteiger partial charge on any atom is 0.0840 e. The van der Waals surface area contributed by atoms with Crippen molar-refractivity contribution in [2.75, 3.05) is 13.2 Å². The van der Waals surface area contributed by atoms with Gasteiger partial charge in [0.25, 0.3) is 0 Å². The monoisotopic (exact) mass is 237 g/mol. The average molecular weight is 237 g/mol. The zero-order valence-electron chi connectivity index (χ0n) is 11.4. The zero-order valence-corrected chi connectivity index (χ0v) is 11.4. The van der Waals surface area contributed by atoms with Crippen LogP contribution in [0.5, 0.6) is 0 Å². The van der Waals surface area contributed by atoms with E-state index in [4.69, 9.17) is 4.74 Å². The number of morpholine rings is 1. The fourth-order valence-corrected chi connectivity index (χ4v) is 4.03. The summed E-state index contributed by atoms with van der Waals surface area (Å²) in [7, 11) is 0. The normalized spacial score (nSPS) is 41.6. The molecular formula is C15H27NO. The molecule has 98 valence electrons. The van der Waals surface area contributed by atoms with Crippen LogP contribution in [0.4, 0.5) is 0 Å². The van der Waals surface area contributed by atoms with Crippen molar-refractivity contribution < 1.29 is 4.74 Å². The van der Waals surface area contributed by atoms with E-state index >= 15 is 0 Å². The Bertz CT molecular complexity index is 281. The molecule has 2 atom stereocenters. The summed E-state index contributed by atoms with van der Waals surface area (Å²) in [4.78, 5) is 0. The van der Waals surface area contributed by atoms with Crippen molar-refractivity contribution in [2.45, 2.75) is 70.4 Å². The van der Waals surface area contributed by atoms with Crippen LogP contribution in [0.1, 0.15) is 58.8 Å². The van der Waals surface area contributed by atoms with Crippen molar-refractivity contribution in [3.8, 4) is 0 Å². The molecule has 17 heavy (non-hydrogen) atoms. The molecular weight excluding hydrogens is 210 g/mol. The molecule has 0 aromatic rings. The number of nitrogens with one attached hydrogen (secondary N) is 1. The van der Waals surface area contributed by atoms with E-state index in [1.807, 2.05) is 0 Å². The van der Waals surface area contributed by atoms with Gasteiger partial charge in [0, 0.05) is 12.6 Å². The Morgan fingerprint density at radius 1 is 1.24 bits per heavy atom. The number of hydrogen-bond donors (Lipinski definition) is 1. The minimum Gasteiger partial charge on any atom is -0.372 e. The van der Waals surface area contributed by atoms with Crippen LogP contribution in [0.3, 0.4) is 0 Å². The lowest BCUT2D eigenvalue weighted by Gasteiger charge is -2.51. The lowest BCUT2D eigenvalue weighted by molar-refractivity contribution is -0.142. The summed E-state index contributed by atoms with van der Waals surface area (Å²) in [5.74, 6) is 0.996. The van der Waals surface area contributed by atoms with Crippen LogP contribution >= 0.6 is 0 Å². The average Bonchev–Trinajstić information content (AvgIpc) is 3.04. The van der Waals surface area contributed by atoms with Crippen molar-refractivity contribution >= 4 is 0 Å². The maximum absolute atomic E-state index is 6.32. The van der Waals surface area contributed by atoms with Gasteiger partial charge in [-0.1, -0.05) is 26.7 Å². The summed E-state index contributed by atoms with van der Waals surface area (Å²) in [5, 5.41) is 3.76. The first-order valence-electron chi connectivity index (χ1n) is 7.47. The summed E-state index contributed by atoms with van der Waals surface area (Å²) in [6.45, 7) is 6.80. The molecule has 3 fully saturated rings. The molecule has 3 aliphatic rings. The Morgan fingerprint density at radius 3 is 2.76 bits per heavy atom. The van der Waals surface area contributed by atoms with Gasteiger partial charge in [0.15, 0.2) is 0 Å². The molecule has 1 aliphatic heterocycles. The summed E-state index contributed by atoms with van der Waals surface area (Å²) in [6.07, 6.45) is 9.51. The largest absolute Gasteiger partial charge is 0.372 e. The van der Waals surface area contributed by atoms with Crippen LogP contribution in [0.25, 0.3) is 0 Å². The van der Waals surface area contributed by atoms with Crippen molar-refractivity contribution in [1.29, 1.82) is 0 Å². The van der Waals surface area contributed by atoms with Gasteiger partial charge in [0.2, 0.25) is 0 Å². The van der Waals surface area contributed by atoms with Gasteiger partial charge in [0.1, 0.15) is 0 Å². The predicted octanol–water partition coefficient (Wildman–Crippen LogP) is 3.11. The molecule has 2 heteroatoms. The Balaban J connectivity index is 1.75. The highest BCUT2D eigenvalue weighted by molar-refractivity contribution is 5.03. The maximum atomic E-state index is 6.32. The van der Waals surface area contributed by atoms with E-state index in [0.717, 1.165) is 19.1 Å². The second-order valence-corrected chi connectivity index (χ2v) is 7.29. The van der Waals surface area contributed by atoms with Crippen molar-refractivity contribution in [3.05, 3.63) is 0 Å². The lowest BCUT2D eigenvalue weighted by Crippen LogP contribution is -2.60. The fraction of sp³-hybridized carbons (Fsp3) is 1.00. The Kier molecular flexibility index (Phi) is 2.99. The first-order valence-corrected chi connectivity index (χ1v) is 7.47. The Morgan fingerprint density at radius 2 is 2.06 bits per heavy atom. The van der Waals surface area contributed by atoms with Crippen LogP contribution in [0.15, 0.2) is 0 Å². The number of ether oxygens (including phenoxy) is 1. The molecule has 0 amide bonds. The molecule has 0 aromatic heterocycles. The second-order valence-electron chi connectivity index (χ2n) is 7.29. The van der Waals surface area contributed by atoms with Crippen LogP contribution in [-0.2, 0) is 4.74 Å². The molecule has 1 N–H and O–H groups in total. The third-order valence-electron chi connectivity index (χ3n) is 5.01. The highest BCUT2D eigenvalue weighted by Crippen LogP contribution is 2.48. The molecule has 2 unspecified atom stereocenters. The van der Waals surface area contributed by atoms with Crippen LogP contribution in [0, 0.1) is 11.3 Å². The lowest BCUT2D eigenvalue weighted by atomic mass is 9.66. The minimum absolute atomic E-state index is 0.169. The van der Waals surface area contributed by atoms with Crippen LogP contribution in [0.2, 0.25) is 0 Å². The number of hydrogen-bond acceptors (Lipinski definition) is 2. The second kappa shape index (κ2) is 4.24. The summed E-state index contributed by atoms with van der Waals surface area (Å²) >= 11 is 0. The van der Waals surface area contributed by atoms with Crippen molar-refractivity contribution in [3.63, 3.8) is 0 Å². The van der Waals surface area contributed by atoms with Gasteiger partial charge < -0.3 is 10.1 Å². The molecule has 2 aliphatic carbocycles. The smallest absolute Gasteiger partial charge is 0.0840 e. The first-order chi connectivity index (χ1) is 8.10. The van der Waals surface area contributed by atoms with Gasteiger partial charge >= 0.3 is 0 Å². The third-order valence-corrected chi connectivity index (χ3v) is 5.01. The molecule has 2 saturated carbocycles. The van der Waals surface area contributed by atoms with E-state index in [-0.39, 0.29) is 5.60 Å². The fourth-order valence-electron chi connectivity index (χ4n) is 4.03. The number of rotatable bonds is 2. The third kappa shape index (κ3) is 2.53. The predicted molar refractivity (Wildman–Crippen MR) is 70.1 cm³/mol. The highest BCUT2D eigenvalue weighted by atomic mass is 16.5. The zero-order chi connectivity index (χ0) is 11.9. The highest BCUT2D eigenvalue weighted by Gasteiger charge is 2.48. The van der Waals surface area contributed by atoms with Crippen molar-refractivity contribution in [2.24, 2.45) is 11.3 Å². The molecule has 1 spiro atoms. The SMILES string of the molecule is CC1(C)CCCC2(C1)OCCNC2CC1CC1. The molecule has 1 saturated heterocycles. The van der Waals surface area contributed by atoms with E-state index < -0.39 is 0 Å². The van der Waals surface area contributed by atoms with Gasteiger partial charge in [0.05, 0.1) is 12.2 Å². The Labute approximate surface area is 105 Å².